The maximum Gasteiger partial charge on any atom is 0.163 e. The van der Waals surface area contributed by atoms with Crippen LogP contribution in [0.4, 0.5) is 17.1 Å². The molecular formula is C31H24N2S. The van der Waals surface area contributed by atoms with Crippen molar-refractivity contribution in [2.75, 3.05) is 9.80 Å². The average Bonchev–Trinajstić information content (AvgIpc) is 3.35. The topological polar surface area (TPSA) is 6.48 Å². The number of anilines is 3. The Bertz CT molecular complexity index is 1430. The van der Waals surface area contributed by atoms with Gasteiger partial charge in [-0.1, -0.05) is 115 Å². The second kappa shape index (κ2) is 9.12. The maximum atomic E-state index is 2.46. The summed E-state index contributed by atoms with van der Waals surface area (Å²) >= 11 is 1.84. The SMILES string of the molecule is C1=C(c2ccccc2)N(c2ccccc2)C(N(c2ccccc2)c2cccc3ccccc23)S1. The molecule has 164 valence electrons. The number of nitrogens with zero attached hydrogens (tertiary/aromatic N) is 2. The lowest BCUT2D eigenvalue weighted by Crippen LogP contribution is -2.41. The Kier molecular flexibility index (Phi) is 5.54. The minimum absolute atomic E-state index is 0.0193. The zero-order chi connectivity index (χ0) is 22.7. The summed E-state index contributed by atoms with van der Waals surface area (Å²) in [6, 6.07) is 47.3. The van der Waals surface area contributed by atoms with Gasteiger partial charge in [0.2, 0.25) is 0 Å². The van der Waals surface area contributed by atoms with Crippen LogP contribution < -0.4 is 9.80 Å². The van der Waals surface area contributed by atoms with E-state index in [9.17, 15) is 0 Å². The van der Waals surface area contributed by atoms with Crippen molar-refractivity contribution in [1.29, 1.82) is 0 Å². The Balaban J connectivity index is 1.55. The molecule has 0 fully saturated rings. The van der Waals surface area contributed by atoms with Crippen LogP contribution in [0, 0.1) is 0 Å². The van der Waals surface area contributed by atoms with Crippen molar-refractivity contribution >= 4 is 45.3 Å². The van der Waals surface area contributed by atoms with Crippen LogP contribution in [0.1, 0.15) is 5.56 Å². The summed E-state index contributed by atoms with van der Waals surface area (Å²) in [4.78, 5) is 4.92. The quantitative estimate of drug-likeness (QED) is 0.262. The highest BCUT2D eigenvalue weighted by atomic mass is 32.2. The molecule has 1 unspecified atom stereocenters. The lowest BCUT2D eigenvalue weighted by Gasteiger charge is -2.39. The molecule has 0 amide bonds. The number of hydrogen-bond acceptors (Lipinski definition) is 3. The van der Waals surface area contributed by atoms with Gasteiger partial charge in [0, 0.05) is 16.8 Å². The van der Waals surface area contributed by atoms with E-state index in [1.807, 2.05) is 11.8 Å². The summed E-state index contributed by atoms with van der Waals surface area (Å²) in [7, 11) is 0. The number of fused-ring (bicyclic) bond motifs is 1. The van der Waals surface area contributed by atoms with Crippen molar-refractivity contribution in [3.05, 3.63) is 144 Å². The van der Waals surface area contributed by atoms with Crippen molar-refractivity contribution < 1.29 is 0 Å². The largest absolute Gasteiger partial charge is 0.310 e. The van der Waals surface area contributed by atoms with Crippen molar-refractivity contribution in [2.24, 2.45) is 0 Å². The molecule has 0 spiro atoms. The third-order valence-electron chi connectivity index (χ3n) is 6.17. The fraction of sp³-hybridized carbons (Fsp3) is 0.0323. The summed E-state index contributed by atoms with van der Waals surface area (Å²) in [5.41, 5.74) is 5.99. The van der Waals surface area contributed by atoms with Crippen LogP contribution in [0.5, 0.6) is 0 Å². The third kappa shape index (κ3) is 3.74. The molecule has 0 aliphatic carbocycles. The van der Waals surface area contributed by atoms with Crippen molar-refractivity contribution in [2.45, 2.75) is 5.50 Å². The lowest BCUT2D eigenvalue weighted by molar-refractivity contribution is 0.887. The van der Waals surface area contributed by atoms with E-state index in [2.05, 4.69) is 149 Å². The van der Waals surface area contributed by atoms with E-state index in [0.29, 0.717) is 0 Å². The van der Waals surface area contributed by atoms with Gasteiger partial charge in [0.15, 0.2) is 5.50 Å². The molecule has 0 radical (unpaired) electrons. The summed E-state index contributed by atoms with van der Waals surface area (Å²) in [6.07, 6.45) is 0. The minimum Gasteiger partial charge on any atom is -0.310 e. The number of para-hydroxylation sites is 2. The van der Waals surface area contributed by atoms with Gasteiger partial charge in [0.1, 0.15) is 0 Å². The van der Waals surface area contributed by atoms with Gasteiger partial charge in [0.25, 0.3) is 0 Å². The van der Waals surface area contributed by atoms with E-state index in [0.717, 1.165) is 0 Å². The Morgan fingerprint density at radius 3 is 1.97 bits per heavy atom. The van der Waals surface area contributed by atoms with Crippen molar-refractivity contribution in [3.8, 4) is 0 Å². The van der Waals surface area contributed by atoms with E-state index in [-0.39, 0.29) is 5.50 Å². The molecule has 3 heteroatoms. The number of hydrogen-bond donors (Lipinski definition) is 0. The molecular weight excluding hydrogens is 432 g/mol. The van der Waals surface area contributed by atoms with E-state index in [1.54, 1.807) is 0 Å². The van der Waals surface area contributed by atoms with Gasteiger partial charge < -0.3 is 9.80 Å². The lowest BCUT2D eigenvalue weighted by atomic mass is 10.1. The predicted octanol–water partition coefficient (Wildman–Crippen LogP) is 8.51. The Labute approximate surface area is 204 Å². The smallest absolute Gasteiger partial charge is 0.163 e. The first-order valence-electron chi connectivity index (χ1n) is 11.5. The molecule has 1 atom stereocenters. The molecule has 0 saturated carbocycles. The summed E-state index contributed by atoms with van der Waals surface area (Å²) < 4.78 is 0. The first kappa shape index (κ1) is 20.6. The van der Waals surface area contributed by atoms with Gasteiger partial charge in [-0.05, 0) is 46.7 Å². The molecule has 2 nitrogen and oxygen atoms in total. The van der Waals surface area contributed by atoms with Gasteiger partial charge in [0.05, 0.1) is 11.4 Å². The standard InChI is InChI=1S/C31H24N2S/c1-4-14-25(15-5-1)30-23-34-31(33(30)27-19-8-3-9-20-27)32(26-17-6-2-7-18-26)29-22-12-16-24-13-10-11-21-28(24)29/h1-23,31H. The van der Waals surface area contributed by atoms with Crippen LogP contribution >= 0.6 is 11.8 Å². The molecule has 5 aromatic rings. The molecule has 0 bridgehead atoms. The second-order valence-electron chi connectivity index (χ2n) is 8.24. The van der Waals surface area contributed by atoms with Gasteiger partial charge in [-0.25, -0.2) is 0 Å². The fourth-order valence-corrected chi connectivity index (χ4v) is 5.82. The Hall–Kier alpha value is -3.95. The molecule has 0 N–H and O–H groups in total. The summed E-state index contributed by atoms with van der Waals surface area (Å²) in [5.74, 6) is 0. The monoisotopic (exact) mass is 456 g/mol. The third-order valence-corrected chi connectivity index (χ3v) is 7.19. The highest BCUT2D eigenvalue weighted by Crippen LogP contribution is 2.46. The van der Waals surface area contributed by atoms with Crippen molar-refractivity contribution in [1.82, 2.24) is 0 Å². The molecule has 0 aromatic heterocycles. The normalized spacial score (nSPS) is 15.4. The first-order chi connectivity index (χ1) is 16.9. The maximum absolute atomic E-state index is 2.46. The van der Waals surface area contributed by atoms with E-state index < -0.39 is 0 Å². The van der Waals surface area contributed by atoms with Crippen LogP contribution in [0.2, 0.25) is 0 Å². The van der Waals surface area contributed by atoms with Crippen LogP contribution in [0.15, 0.2) is 139 Å². The summed E-state index contributed by atoms with van der Waals surface area (Å²) in [6.45, 7) is 0. The Morgan fingerprint density at radius 1 is 0.588 bits per heavy atom. The highest BCUT2D eigenvalue weighted by molar-refractivity contribution is 8.03. The highest BCUT2D eigenvalue weighted by Gasteiger charge is 2.35. The van der Waals surface area contributed by atoms with Gasteiger partial charge in [-0.2, -0.15) is 0 Å². The van der Waals surface area contributed by atoms with Crippen LogP contribution in [0.25, 0.3) is 16.5 Å². The molecule has 0 saturated heterocycles. The molecule has 6 rings (SSSR count). The molecule has 5 aromatic carbocycles. The molecule has 1 aliphatic heterocycles. The van der Waals surface area contributed by atoms with E-state index in [1.165, 1.54) is 39.1 Å². The molecule has 1 aliphatic rings. The number of rotatable bonds is 5. The molecule has 1 heterocycles. The zero-order valence-electron chi connectivity index (χ0n) is 18.7. The molecule has 34 heavy (non-hydrogen) atoms. The van der Waals surface area contributed by atoms with Crippen LogP contribution in [0.3, 0.4) is 0 Å². The Morgan fingerprint density at radius 2 is 1.21 bits per heavy atom. The zero-order valence-corrected chi connectivity index (χ0v) is 19.5. The minimum atomic E-state index is 0.0193. The van der Waals surface area contributed by atoms with Gasteiger partial charge >= 0.3 is 0 Å². The van der Waals surface area contributed by atoms with Crippen LogP contribution in [-0.2, 0) is 0 Å². The first-order valence-corrected chi connectivity index (χ1v) is 12.4. The van der Waals surface area contributed by atoms with E-state index in [4.69, 9.17) is 0 Å². The van der Waals surface area contributed by atoms with Crippen LogP contribution in [-0.4, -0.2) is 5.50 Å². The fourth-order valence-electron chi connectivity index (χ4n) is 4.60. The number of thioether (sulfide) groups is 1. The summed E-state index contributed by atoms with van der Waals surface area (Å²) in [5, 5.41) is 4.79. The van der Waals surface area contributed by atoms with Gasteiger partial charge in [-0.15, -0.1) is 0 Å². The predicted molar refractivity (Wildman–Crippen MR) is 147 cm³/mol. The number of benzene rings is 5. The van der Waals surface area contributed by atoms with Crippen molar-refractivity contribution in [3.63, 3.8) is 0 Å². The average molecular weight is 457 g/mol. The van der Waals surface area contributed by atoms with Gasteiger partial charge in [-0.3, -0.25) is 0 Å². The van der Waals surface area contributed by atoms with E-state index >= 15 is 0 Å². The second-order valence-corrected chi connectivity index (χ2v) is 9.17.